The quantitative estimate of drug-likeness (QED) is 0.478. The second kappa shape index (κ2) is 4.24. The average Bonchev–Trinajstić information content (AvgIpc) is 1.96. The molecule has 0 unspecified atom stereocenters. The smallest absolute Gasteiger partial charge is 0.406 e. The number of benzene rings is 1. The summed E-state index contributed by atoms with van der Waals surface area (Å²) in [7, 11) is 0. The molecule has 0 aromatic heterocycles. The summed E-state index contributed by atoms with van der Waals surface area (Å²) in [5.74, 6) is -2.29. The van der Waals surface area contributed by atoms with Crippen LogP contribution in [0.5, 0.6) is 5.75 Å². The van der Waals surface area contributed by atoms with Crippen LogP contribution in [0.15, 0.2) is 16.6 Å². The molecule has 0 aliphatic carbocycles. The molecule has 0 aliphatic rings. The number of hydrogen-bond acceptors (Lipinski definition) is 3. The molecule has 88 valence electrons. The van der Waals surface area contributed by atoms with Gasteiger partial charge in [-0.1, -0.05) is 0 Å². The van der Waals surface area contributed by atoms with Crippen molar-refractivity contribution < 1.29 is 27.2 Å². The third kappa shape index (κ3) is 3.05. The fourth-order valence-corrected chi connectivity index (χ4v) is 1.47. The first kappa shape index (κ1) is 12.7. The topological polar surface area (TPSA) is 52.4 Å². The molecule has 0 spiro atoms. The van der Waals surface area contributed by atoms with E-state index in [4.69, 9.17) is 0 Å². The van der Waals surface area contributed by atoms with Gasteiger partial charge >= 0.3 is 12.0 Å². The van der Waals surface area contributed by atoms with Gasteiger partial charge in [-0.05, 0) is 15.9 Å². The maximum absolute atomic E-state index is 13.0. The van der Waals surface area contributed by atoms with Crippen LogP contribution in [0.2, 0.25) is 0 Å². The van der Waals surface area contributed by atoms with Crippen LogP contribution in [-0.4, -0.2) is 11.3 Å². The van der Waals surface area contributed by atoms with E-state index in [1.807, 2.05) is 0 Å². The molecule has 0 saturated carbocycles. The number of nitro groups is 1. The first-order valence-corrected chi connectivity index (χ1v) is 4.39. The average molecular weight is 304 g/mol. The molecule has 1 aromatic rings. The maximum Gasteiger partial charge on any atom is 0.573 e. The Morgan fingerprint density at radius 3 is 2.31 bits per heavy atom. The number of nitrogens with zero attached hydrogens (tertiary/aromatic N) is 1. The van der Waals surface area contributed by atoms with Gasteiger partial charge in [0.1, 0.15) is 10.2 Å². The molecule has 0 fully saturated rings. The van der Waals surface area contributed by atoms with Crippen LogP contribution in [0.1, 0.15) is 0 Å². The normalized spacial score (nSPS) is 11.3. The number of rotatable bonds is 2. The van der Waals surface area contributed by atoms with Crippen LogP contribution in [-0.2, 0) is 0 Å². The number of nitro benzene ring substituents is 1. The van der Waals surface area contributed by atoms with Crippen LogP contribution in [0.4, 0.5) is 23.2 Å². The van der Waals surface area contributed by atoms with Crippen LogP contribution in [0, 0.1) is 15.9 Å². The highest BCUT2D eigenvalue weighted by atomic mass is 79.9. The lowest BCUT2D eigenvalue weighted by Gasteiger charge is -2.09. The molecule has 4 nitrogen and oxygen atoms in total. The largest absolute Gasteiger partial charge is 0.573 e. The van der Waals surface area contributed by atoms with Gasteiger partial charge in [0.15, 0.2) is 0 Å². The van der Waals surface area contributed by atoms with E-state index in [9.17, 15) is 27.7 Å². The van der Waals surface area contributed by atoms with Gasteiger partial charge in [-0.2, -0.15) is 4.39 Å². The standard InChI is InChI=1S/C7H2BrF4NO3/c8-4-1-3(16-7(10,11)12)2-5(9)6(4)13(14)15/h1-2H. The van der Waals surface area contributed by atoms with E-state index in [2.05, 4.69) is 20.7 Å². The Morgan fingerprint density at radius 1 is 1.38 bits per heavy atom. The fourth-order valence-electron chi connectivity index (χ4n) is 0.909. The lowest BCUT2D eigenvalue weighted by Crippen LogP contribution is -2.17. The zero-order valence-electron chi connectivity index (χ0n) is 7.22. The van der Waals surface area contributed by atoms with Gasteiger partial charge in [-0.25, -0.2) is 0 Å². The third-order valence-electron chi connectivity index (χ3n) is 1.41. The SMILES string of the molecule is O=[N+]([O-])c1c(F)cc(OC(F)(F)F)cc1Br. The van der Waals surface area contributed by atoms with E-state index in [1.165, 1.54) is 0 Å². The fraction of sp³-hybridized carbons (Fsp3) is 0.143. The molecular weight excluding hydrogens is 302 g/mol. The summed E-state index contributed by atoms with van der Waals surface area (Å²) >= 11 is 2.58. The summed E-state index contributed by atoms with van der Waals surface area (Å²) in [6.07, 6.45) is -4.98. The molecule has 0 aliphatic heterocycles. The zero-order valence-corrected chi connectivity index (χ0v) is 8.80. The summed E-state index contributed by atoms with van der Waals surface area (Å²) < 4.78 is 51.3. The van der Waals surface area contributed by atoms with E-state index >= 15 is 0 Å². The second-order valence-electron chi connectivity index (χ2n) is 2.54. The molecule has 1 aromatic carbocycles. The molecule has 0 N–H and O–H groups in total. The van der Waals surface area contributed by atoms with Gasteiger partial charge in [0.2, 0.25) is 5.82 Å². The molecule has 0 radical (unpaired) electrons. The summed E-state index contributed by atoms with van der Waals surface area (Å²) in [5.41, 5.74) is -0.950. The number of hydrogen-bond donors (Lipinski definition) is 0. The molecule has 16 heavy (non-hydrogen) atoms. The Kier molecular flexibility index (Phi) is 3.36. The van der Waals surface area contributed by atoms with Crippen molar-refractivity contribution in [3.63, 3.8) is 0 Å². The van der Waals surface area contributed by atoms with E-state index in [0.29, 0.717) is 6.07 Å². The minimum atomic E-state index is -4.98. The van der Waals surface area contributed by atoms with Gasteiger partial charge in [-0.15, -0.1) is 13.2 Å². The highest BCUT2D eigenvalue weighted by Gasteiger charge is 2.32. The van der Waals surface area contributed by atoms with Crippen molar-refractivity contribution in [3.05, 3.63) is 32.5 Å². The molecule has 1 rings (SSSR count). The molecule has 0 amide bonds. The first-order valence-electron chi connectivity index (χ1n) is 3.60. The molecule has 0 heterocycles. The first-order chi connectivity index (χ1) is 7.20. The maximum atomic E-state index is 13.0. The molecule has 0 saturated heterocycles. The molecule has 9 heteroatoms. The number of alkyl halides is 3. The second-order valence-corrected chi connectivity index (χ2v) is 3.39. The predicted octanol–water partition coefficient (Wildman–Crippen LogP) is 3.40. The van der Waals surface area contributed by atoms with E-state index in [0.717, 1.165) is 0 Å². The monoisotopic (exact) mass is 303 g/mol. The highest BCUT2D eigenvalue weighted by Crippen LogP contribution is 2.34. The van der Waals surface area contributed by atoms with Crippen LogP contribution >= 0.6 is 15.9 Å². The zero-order chi connectivity index (χ0) is 12.5. The minimum Gasteiger partial charge on any atom is -0.406 e. The predicted molar refractivity (Wildman–Crippen MR) is 47.4 cm³/mol. The minimum absolute atomic E-state index is 0.288. The van der Waals surface area contributed by atoms with Gasteiger partial charge in [-0.3, -0.25) is 10.1 Å². The number of halogens is 5. The van der Waals surface area contributed by atoms with Crippen molar-refractivity contribution in [3.8, 4) is 5.75 Å². The van der Waals surface area contributed by atoms with Gasteiger partial charge < -0.3 is 4.74 Å². The van der Waals surface area contributed by atoms with Crippen molar-refractivity contribution in [2.24, 2.45) is 0 Å². The van der Waals surface area contributed by atoms with Gasteiger partial charge in [0, 0.05) is 12.1 Å². The Balaban J connectivity index is 3.15. The Morgan fingerprint density at radius 2 is 1.94 bits per heavy atom. The summed E-state index contributed by atoms with van der Waals surface area (Å²) in [6.45, 7) is 0. The highest BCUT2D eigenvalue weighted by molar-refractivity contribution is 9.10. The third-order valence-corrected chi connectivity index (χ3v) is 2.01. The Hall–Kier alpha value is -1.38. The summed E-state index contributed by atoms with van der Waals surface area (Å²) in [5, 5.41) is 10.3. The van der Waals surface area contributed by atoms with Crippen molar-refractivity contribution in [1.29, 1.82) is 0 Å². The van der Waals surface area contributed by atoms with E-state index < -0.39 is 33.0 Å². The van der Waals surface area contributed by atoms with Crippen molar-refractivity contribution >= 4 is 21.6 Å². The van der Waals surface area contributed by atoms with Gasteiger partial charge in [0.25, 0.3) is 0 Å². The van der Waals surface area contributed by atoms with Crippen molar-refractivity contribution in [2.45, 2.75) is 6.36 Å². The summed E-state index contributed by atoms with van der Waals surface area (Å²) in [4.78, 5) is 9.25. The van der Waals surface area contributed by atoms with E-state index in [1.54, 1.807) is 0 Å². The van der Waals surface area contributed by atoms with Crippen molar-refractivity contribution in [1.82, 2.24) is 0 Å². The number of ether oxygens (including phenoxy) is 1. The van der Waals surface area contributed by atoms with Crippen LogP contribution in [0.25, 0.3) is 0 Å². The lowest BCUT2D eigenvalue weighted by atomic mass is 10.3. The molecular formula is C7H2BrF4NO3. The van der Waals surface area contributed by atoms with Gasteiger partial charge in [0.05, 0.1) is 4.92 Å². The Labute approximate surface area is 94.1 Å². The van der Waals surface area contributed by atoms with Crippen LogP contribution in [0.3, 0.4) is 0 Å². The summed E-state index contributed by atoms with van der Waals surface area (Å²) in [6, 6.07) is 0.949. The molecule has 0 atom stereocenters. The molecule has 0 bridgehead atoms. The van der Waals surface area contributed by atoms with Crippen LogP contribution < -0.4 is 4.74 Å². The Bertz CT molecular complexity index is 411. The van der Waals surface area contributed by atoms with Crippen molar-refractivity contribution in [2.75, 3.05) is 0 Å². The lowest BCUT2D eigenvalue weighted by molar-refractivity contribution is -0.388. The van der Waals surface area contributed by atoms with E-state index in [-0.39, 0.29) is 6.07 Å².